The Morgan fingerprint density at radius 3 is 1.47 bits per heavy atom. The maximum atomic E-state index is 14.5. The lowest BCUT2D eigenvalue weighted by molar-refractivity contribution is -0.139. The van der Waals surface area contributed by atoms with Gasteiger partial charge in [0.2, 0.25) is 11.8 Å². The molecule has 6 aromatic rings. The van der Waals surface area contributed by atoms with Gasteiger partial charge in [0, 0.05) is 12.1 Å². The third-order valence-corrected chi connectivity index (χ3v) is 17.2. The van der Waals surface area contributed by atoms with Gasteiger partial charge in [0.15, 0.2) is 0 Å². The van der Waals surface area contributed by atoms with E-state index >= 15 is 0 Å². The van der Waals surface area contributed by atoms with E-state index in [0.29, 0.717) is 17.7 Å². The largest absolute Gasteiger partial charge is 0.386 e. The molecule has 376 valence electrons. The fourth-order valence-corrected chi connectivity index (χ4v) is 13.5. The SMILES string of the molecule is C=C(N)N[C@H](C(=O)N1[C@H](c2nc3ccc(-c4cc5ccc4CCc4ccc(c(-c6ccc7nc([C@@H]8C[C@@H]9CCCC[C@@H]9N8C(=O)[C@@H](NC(N)=O)C(C)C)[nH]c7c6)c4)CC5)cc3[nH]2)C[C@@H]2CCCC[C@@H]21)C(C)C. The van der Waals surface area contributed by atoms with Crippen molar-refractivity contribution in [2.45, 2.75) is 154 Å². The molecular formula is C59H72N10O3. The summed E-state index contributed by atoms with van der Waals surface area (Å²) in [5.74, 6) is 2.79. The maximum Gasteiger partial charge on any atom is 0.312 e. The number of urea groups is 1. The highest BCUT2D eigenvalue weighted by Crippen LogP contribution is 2.48. The number of aromatic amines is 2. The zero-order chi connectivity index (χ0) is 49.9. The van der Waals surface area contributed by atoms with Crippen molar-refractivity contribution >= 4 is 39.9 Å². The molecule has 13 heteroatoms. The van der Waals surface area contributed by atoms with Crippen molar-refractivity contribution in [2.24, 2.45) is 35.1 Å². The molecule has 2 saturated carbocycles. The van der Waals surface area contributed by atoms with Gasteiger partial charge in [-0.15, -0.1) is 0 Å². The first-order valence-electron chi connectivity index (χ1n) is 26.9. The van der Waals surface area contributed by atoms with Crippen LogP contribution in [0.2, 0.25) is 0 Å². The Kier molecular flexibility index (Phi) is 12.9. The van der Waals surface area contributed by atoms with E-state index in [-0.39, 0.29) is 47.8 Å². The number of amides is 4. The van der Waals surface area contributed by atoms with Gasteiger partial charge in [0.05, 0.1) is 40.0 Å². The number of imidazole rings is 2. The van der Waals surface area contributed by atoms with Crippen molar-refractivity contribution in [2.75, 3.05) is 0 Å². The van der Waals surface area contributed by atoms with Crippen molar-refractivity contribution in [3.63, 3.8) is 0 Å². The summed E-state index contributed by atoms with van der Waals surface area (Å²) in [5.41, 5.74) is 25.3. The lowest BCUT2D eigenvalue weighted by Crippen LogP contribution is -2.54. The number of hydrogen-bond acceptors (Lipinski definition) is 7. The molecule has 8 N–H and O–H groups in total. The van der Waals surface area contributed by atoms with Crippen molar-refractivity contribution in [1.29, 1.82) is 0 Å². The number of fused-ring (bicyclic) bond motifs is 4. The minimum absolute atomic E-state index is 0.0471. The van der Waals surface area contributed by atoms with Crippen LogP contribution < -0.4 is 22.1 Å². The van der Waals surface area contributed by atoms with Crippen LogP contribution in [0.5, 0.6) is 0 Å². The van der Waals surface area contributed by atoms with Gasteiger partial charge < -0.3 is 41.9 Å². The molecule has 13 nitrogen and oxygen atoms in total. The average Bonchev–Trinajstić information content (AvgIpc) is 4.17. The second kappa shape index (κ2) is 19.4. The monoisotopic (exact) mass is 969 g/mol. The van der Waals surface area contributed by atoms with E-state index in [1.165, 1.54) is 46.2 Å². The summed E-state index contributed by atoms with van der Waals surface area (Å²) in [6, 6.07) is 25.4. The highest BCUT2D eigenvalue weighted by molar-refractivity contribution is 5.89. The Balaban J connectivity index is 0.853. The average molecular weight is 969 g/mol. The summed E-state index contributed by atoms with van der Waals surface area (Å²) in [6.07, 6.45) is 14.1. The zero-order valence-electron chi connectivity index (χ0n) is 42.5. The number of primary amides is 1. The van der Waals surface area contributed by atoms with Gasteiger partial charge in [-0.2, -0.15) is 0 Å². The Hall–Kier alpha value is -6.63. The number of aromatic nitrogens is 4. The molecule has 4 amide bonds. The molecule has 8 atom stereocenters. The van der Waals surface area contributed by atoms with Gasteiger partial charge in [-0.05, 0) is 157 Å². The Labute approximate surface area is 423 Å². The van der Waals surface area contributed by atoms with Crippen molar-refractivity contribution < 1.29 is 14.4 Å². The molecule has 2 saturated heterocycles. The number of aryl methyl sites for hydroxylation is 4. The highest BCUT2D eigenvalue weighted by Gasteiger charge is 2.50. The normalized spacial score (nSPS) is 23.8. The number of hydrogen-bond donors (Lipinski definition) is 6. The Morgan fingerprint density at radius 1 is 0.597 bits per heavy atom. The number of carbonyl (C=O) groups is 3. The van der Waals surface area contributed by atoms with Gasteiger partial charge in [-0.1, -0.05) is 108 Å². The van der Waals surface area contributed by atoms with Crippen LogP contribution in [0.25, 0.3) is 44.3 Å². The van der Waals surface area contributed by atoms with E-state index in [9.17, 15) is 14.4 Å². The van der Waals surface area contributed by atoms with E-state index in [1.54, 1.807) is 0 Å². The van der Waals surface area contributed by atoms with Crippen LogP contribution in [-0.2, 0) is 35.3 Å². The van der Waals surface area contributed by atoms with Crippen LogP contribution in [0.1, 0.15) is 138 Å². The molecule has 2 aromatic heterocycles. The first kappa shape index (κ1) is 47.7. The number of benzene rings is 4. The van der Waals surface area contributed by atoms with Gasteiger partial charge in [-0.25, -0.2) is 14.8 Å². The first-order valence-corrected chi connectivity index (χ1v) is 26.9. The summed E-state index contributed by atoms with van der Waals surface area (Å²) < 4.78 is 0. The molecule has 6 aliphatic carbocycles. The number of carbonyl (C=O) groups excluding carboxylic acids is 3. The summed E-state index contributed by atoms with van der Waals surface area (Å²) >= 11 is 0. The predicted molar refractivity (Wildman–Crippen MR) is 284 cm³/mol. The second-order valence-corrected chi connectivity index (χ2v) is 22.5. The fraction of sp³-hybridized carbons (Fsp3) is 0.475. The maximum absolute atomic E-state index is 14.5. The van der Waals surface area contributed by atoms with Crippen molar-refractivity contribution in [3.05, 3.63) is 119 Å². The third-order valence-electron chi connectivity index (χ3n) is 17.2. The van der Waals surface area contributed by atoms with Crippen LogP contribution in [0.15, 0.2) is 85.2 Å². The van der Waals surface area contributed by atoms with E-state index in [0.717, 1.165) is 122 Å². The molecule has 4 bridgehead atoms. The Bertz CT molecular complexity index is 2860. The second-order valence-electron chi connectivity index (χ2n) is 22.5. The molecule has 0 radical (unpaired) electrons. The van der Waals surface area contributed by atoms with Gasteiger partial charge >= 0.3 is 6.03 Å². The van der Waals surface area contributed by atoms with Crippen LogP contribution in [0.3, 0.4) is 0 Å². The summed E-state index contributed by atoms with van der Waals surface area (Å²) in [6.45, 7) is 11.9. The molecule has 0 unspecified atom stereocenters. The number of nitrogens with zero attached hydrogens (tertiary/aromatic N) is 4. The molecule has 4 heterocycles. The van der Waals surface area contributed by atoms with Gasteiger partial charge in [0.25, 0.3) is 0 Å². The molecule has 4 aromatic carbocycles. The lowest BCUT2D eigenvalue weighted by atomic mass is 9.84. The van der Waals surface area contributed by atoms with E-state index < -0.39 is 18.1 Å². The molecule has 0 spiro atoms. The number of rotatable bonds is 11. The number of nitrogens with two attached hydrogens (primary N) is 2. The minimum atomic E-state index is -0.694. The smallest absolute Gasteiger partial charge is 0.312 e. The fourth-order valence-electron chi connectivity index (χ4n) is 13.5. The van der Waals surface area contributed by atoms with E-state index in [1.807, 2.05) is 18.7 Å². The first-order chi connectivity index (χ1) is 34.8. The zero-order valence-corrected chi connectivity index (χ0v) is 42.5. The Morgan fingerprint density at radius 2 is 1.04 bits per heavy atom. The molecule has 8 aliphatic rings. The summed E-state index contributed by atoms with van der Waals surface area (Å²) in [5, 5.41) is 5.95. The van der Waals surface area contributed by atoms with Crippen LogP contribution in [0.4, 0.5) is 4.79 Å². The lowest BCUT2D eigenvalue weighted by Gasteiger charge is -2.37. The molecular weight excluding hydrogens is 897 g/mol. The van der Waals surface area contributed by atoms with Crippen LogP contribution in [-0.4, -0.2) is 71.7 Å². The van der Waals surface area contributed by atoms with Gasteiger partial charge in [-0.3, -0.25) is 9.59 Å². The van der Waals surface area contributed by atoms with Crippen LogP contribution >= 0.6 is 0 Å². The topological polar surface area (TPSA) is 191 Å². The number of H-pyrrole nitrogens is 2. The summed E-state index contributed by atoms with van der Waals surface area (Å²) in [4.78, 5) is 62.9. The molecule has 2 aliphatic heterocycles. The molecule has 14 rings (SSSR count). The van der Waals surface area contributed by atoms with Gasteiger partial charge in [0.1, 0.15) is 23.7 Å². The van der Waals surface area contributed by atoms with E-state index in [2.05, 4.69) is 119 Å². The summed E-state index contributed by atoms with van der Waals surface area (Å²) in [7, 11) is 0. The van der Waals surface area contributed by atoms with Crippen molar-refractivity contribution in [1.82, 2.24) is 40.4 Å². The highest BCUT2D eigenvalue weighted by atomic mass is 16.2. The molecule has 72 heavy (non-hydrogen) atoms. The standard InChI is InChI=1S/C59H72N10O3/c1-32(2)53(62-34(5)60)57(70)68-49-12-8-6-10-41(49)30-51(68)55-63-45-24-22-39(28-47(45)65-55)43-26-35-14-18-37(43)19-15-36-17-21-38(20-16-35)44(27-36)40-23-25-46-48(29-40)66-56(64-46)52-31-42-11-7-9-13-50(42)69(52)58(71)54(33(3)4)67-59(61)72/h14,17-18,21-29,32-33,41-42,49-54,62H,5-13,15-16,19-20,30-31,60H2,1-4H3,(H,63,65)(H,64,66)(H3,61,67,72)/t41-,42-,49-,50-,51-,52-,53-,54-/m0/s1. The molecule has 4 fully saturated rings. The number of likely N-dealkylation sites (tertiary alicyclic amines) is 2. The number of nitrogens with one attached hydrogen (secondary N) is 4. The van der Waals surface area contributed by atoms with Crippen molar-refractivity contribution in [3.8, 4) is 22.3 Å². The van der Waals surface area contributed by atoms with Crippen LogP contribution in [0, 0.1) is 23.7 Å². The van der Waals surface area contributed by atoms with E-state index in [4.69, 9.17) is 21.4 Å². The predicted octanol–water partition coefficient (Wildman–Crippen LogP) is 10.1. The quantitative estimate of drug-likeness (QED) is 0.0744. The third kappa shape index (κ3) is 9.01. The minimum Gasteiger partial charge on any atom is -0.386 e.